The first kappa shape index (κ1) is 18.6. The highest BCUT2D eigenvalue weighted by molar-refractivity contribution is 8.01. The molecular formula is C23H21NO3S. The van der Waals surface area contributed by atoms with Crippen LogP contribution in [0.2, 0.25) is 0 Å². The number of carbonyl (C=O) groups is 2. The third-order valence-corrected chi connectivity index (χ3v) is 6.28. The lowest BCUT2D eigenvalue weighted by atomic mass is 10.0. The minimum atomic E-state index is -0.503. The van der Waals surface area contributed by atoms with Gasteiger partial charge in [-0.3, -0.25) is 4.79 Å². The number of amides is 1. The average molecular weight is 391 g/mol. The molecule has 1 unspecified atom stereocenters. The highest BCUT2D eigenvalue weighted by atomic mass is 32.2. The summed E-state index contributed by atoms with van der Waals surface area (Å²) < 4.78 is 5.99. The molecule has 142 valence electrons. The number of fused-ring (bicyclic) bond motifs is 1. The number of rotatable bonds is 5. The molecule has 2 atom stereocenters. The van der Waals surface area contributed by atoms with Crippen molar-refractivity contribution in [1.82, 2.24) is 4.90 Å². The summed E-state index contributed by atoms with van der Waals surface area (Å²) >= 11 is 1.61. The third-order valence-electron chi connectivity index (χ3n) is 4.87. The summed E-state index contributed by atoms with van der Waals surface area (Å²) in [5.41, 5.74) is 2.32. The SMILES string of the molecule is C/C=C\C1S[C@@H]2CC(=O)N2C=C1C(=O)OC(c1ccccc1)c1ccccc1. The van der Waals surface area contributed by atoms with Crippen molar-refractivity contribution < 1.29 is 14.3 Å². The second-order valence-corrected chi connectivity index (χ2v) is 8.06. The maximum atomic E-state index is 13.1. The zero-order chi connectivity index (χ0) is 19.5. The molecule has 2 aliphatic rings. The standard InChI is InChI=1S/C23H21NO3S/c1-2-9-19-18(15-24-20(25)14-21(24)28-19)23(26)27-22(16-10-5-3-6-11-16)17-12-7-4-8-13-17/h2-13,15,19,21-22H,14H2,1H3/b9-2-/t19?,21-/m1/s1. The van der Waals surface area contributed by atoms with Crippen LogP contribution in [0.25, 0.3) is 0 Å². The second-order valence-electron chi connectivity index (χ2n) is 6.73. The van der Waals surface area contributed by atoms with Crippen LogP contribution >= 0.6 is 11.8 Å². The van der Waals surface area contributed by atoms with Crippen molar-refractivity contribution in [1.29, 1.82) is 0 Å². The first-order chi connectivity index (χ1) is 13.7. The van der Waals surface area contributed by atoms with Crippen LogP contribution < -0.4 is 0 Å². The molecule has 0 saturated carbocycles. The molecule has 2 aromatic rings. The van der Waals surface area contributed by atoms with Gasteiger partial charge in [0.15, 0.2) is 6.10 Å². The van der Waals surface area contributed by atoms with Crippen LogP contribution in [0.15, 0.2) is 84.6 Å². The summed E-state index contributed by atoms with van der Waals surface area (Å²) in [5.74, 6) is -0.351. The number of thioether (sulfide) groups is 1. The van der Waals surface area contributed by atoms with Gasteiger partial charge in [-0.15, -0.1) is 11.8 Å². The van der Waals surface area contributed by atoms with Crippen molar-refractivity contribution in [2.45, 2.75) is 30.1 Å². The van der Waals surface area contributed by atoms with Crippen LogP contribution in [0, 0.1) is 0 Å². The zero-order valence-electron chi connectivity index (χ0n) is 15.5. The van der Waals surface area contributed by atoms with Gasteiger partial charge >= 0.3 is 5.97 Å². The van der Waals surface area contributed by atoms with Crippen LogP contribution in [0.5, 0.6) is 0 Å². The number of β-lactam (4-membered cyclic amide) rings is 1. The Kier molecular flexibility index (Phi) is 5.35. The zero-order valence-corrected chi connectivity index (χ0v) is 16.3. The molecule has 0 N–H and O–H groups in total. The van der Waals surface area contributed by atoms with Crippen molar-refractivity contribution in [2.75, 3.05) is 0 Å². The monoisotopic (exact) mass is 391 g/mol. The van der Waals surface area contributed by atoms with Crippen LogP contribution in [0.1, 0.15) is 30.6 Å². The van der Waals surface area contributed by atoms with Gasteiger partial charge in [0.25, 0.3) is 0 Å². The van der Waals surface area contributed by atoms with Crippen molar-refractivity contribution in [3.8, 4) is 0 Å². The van der Waals surface area contributed by atoms with Gasteiger partial charge in [0, 0.05) is 6.20 Å². The normalized spacial score (nSPS) is 21.3. The second kappa shape index (κ2) is 8.07. The van der Waals surface area contributed by atoms with E-state index in [1.807, 2.05) is 79.7 Å². The summed E-state index contributed by atoms with van der Waals surface area (Å²) in [6.45, 7) is 1.93. The van der Waals surface area contributed by atoms with E-state index in [0.717, 1.165) is 11.1 Å². The molecule has 0 radical (unpaired) electrons. The van der Waals surface area contributed by atoms with Crippen LogP contribution in [-0.2, 0) is 14.3 Å². The Morgan fingerprint density at radius 2 is 1.71 bits per heavy atom. The molecular weight excluding hydrogens is 370 g/mol. The highest BCUT2D eigenvalue weighted by Crippen LogP contribution is 2.41. The molecule has 2 heterocycles. The summed E-state index contributed by atoms with van der Waals surface area (Å²) in [4.78, 5) is 26.6. The number of nitrogens with zero attached hydrogens (tertiary/aromatic N) is 1. The van der Waals surface area contributed by atoms with Crippen LogP contribution in [0.3, 0.4) is 0 Å². The van der Waals surface area contributed by atoms with Crippen molar-refractivity contribution in [2.24, 2.45) is 0 Å². The molecule has 0 bridgehead atoms. The molecule has 0 aromatic heterocycles. The Morgan fingerprint density at radius 1 is 1.11 bits per heavy atom. The average Bonchev–Trinajstić information content (AvgIpc) is 2.73. The molecule has 1 saturated heterocycles. The molecule has 5 heteroatoms. The fourth-order valence-electron chi connectivity index (χ4n) is 3.39. The van der Waals surface area contributed by atoms with Crippen molar-refractivity contribution >= 4 is 23.6 Å². The number of hydrogen-bond acceptors (Lipinski definition) is 4. The van der Waals surface area contributed by atoms with E-state index in [9.17, 15) is 9.59 Å². The first-order valence-electron chi connectivity index (χ1n) is 9.29. The lowest BCUT2D eigenvalue weighted by Crippen LogP contribution is -2.51. The van der Waals surface area contributed by atoms with Gasteiger partial charge in [-0.05, 0) is 18.1 Å². The highest BCUT2D eigenvalue weighted by Gasteiger charge is 2.43. The first-order valence-corrected chi connectivity index (χ1v) is 10.2. The molecule has 28 heavy (non-hydrogen) atoms. The predicted octanol–water partition coefficient (Wildman–Crippen LogP) is 4.45. The quantitative estimate of drug-likeness (QED) is 0.429. The Hall–Kier alpha value is -2.79. The number of allylic oxidation sites excluding steroid dienone is 1. The molecule has 0 spiro atoms. The number of esters is 1. The summed E-state index contributed by atoms with van der Waals surface area (Å²) in [6, 6.07) is 19.4. The summed E-state index contributed by atoms with van der Waals surface area (Å²) in [6.07, 6.45) is 5.61. The largest absolute Gasteiger partial charge is 0.449 e. The maximum Gasteiger partial charge on any atom is 0.337 e. The smallest absolute Gasteiger partial charge is 0.337 e. The van der Waals surface area contributed by atoms with E-state index in [-0.39, 0.29) is 16.5 Å². The topological polar surface area (TPSA) is 46.6 Å². The molecule has 4 nitrogen and oxygen atoms in total. The lowest BCUT2D eigenvalue weighted by Gasteiger charge is -2.43. The van der Waals surface area contributed by atoms with Gasteiger partial charge in [0.05, 0.1) is 22.6 Å². The van der Waals surface area contributed by atoms with E-state index in [1.54, 1.807) is 22.9 Å². The van der Waals surface area contributed by atoms with E-state index in [4.69, 9.17) is 4.74 Å². The fraction of sp³-hybridized carbons (Fsp3) is 0.217. The van der Waals surface area contributed by atoms with E-state index in [2.05, 4.69) is 0 Å². The Morgan fingerprint density at radius 3 is 2.25 bits per heavy atom. The van der Waals surface area contributed by atoms with E-state index in [0.29, 0.717) is 12.0 Å². The van der Waals surface area contributed by atoms with Crippen LogP contribution in [0.4, 0.5) is 0 Å². The van der Waals surface area contributed by atoms with Crippen LogP contribution in [-0.4, -0.2) is 27.4 Å². The maximum absolute atomic E-state index is 13.1. The van der Waals surface area contributed by atoms with Gasteiger partial charge in [-0.1, -0.05) is 72.8 Å². The number of carbonyl (C=O) groups excluding carboxylic acids is 2. The lowest BCUT2D eigenvalue weighted by molar-refractivity contribution is -0.143. The van der Waals surface area contributed by atoms with Crippen molar-refractivity contribution in [3.05, 3.63) is 95.7 Å². The number of ether oxygens (including phenoxy) is 1. The Labute approximate surface area is 168 Å². The molecule has 1 fully saturated rings. The molecule has 2 aromatic carbocycles. The van der Waals surface area contributed by atoms with E-state index >= 15 is 0 Å². The number of hydrogen-bond donors (Lipinski definition) is 0. The predicted molar refractivity (Wildman–Crippen MR) is 110 cm³/mol. The van der Waals surface area contributed by atoms with E-state index < -0.39 is 12.1 Å². The minimum Gasteiger partial charge on any atom is -0.449 e. The minimum absolute atomic E-state index is 0.0457. The summed E-state index contributed by atoms with van der Waals surface area (Å²) in [5, 5.41) is 0.00309. The fourth-order valence-corrected chi connectivity index (χ4v) is 4.83. The Bertz CT molecular complexity index is 884. The molecule has 1 amide bonds. The van der Waals surface area contributed by atoms with Gasteiger partial charge in [0.1, 0.15) is 0 Å². The molecule has 0 aliphatic carbocycles. The van der Waals surface area contributed by atoms with Gasteiger partial charge in [-0.2, -0.15) is 0 Å². The van der Waals surface area contributed by atoms with Gasteiger partial charge < -0.3 is 9.64 Å². The van der Waals surface area contributed by atoms with Gasteiger partial charge in [0.2, 0.25) is 5.91 Å². The van der Waals surface area contributed by atoms with Gasteiger partial charge in [-0.25, -0.2) is 4.79 Å². The molecule has 2 aliphatic heterocycles. The third kappa shape index (κ3) is 3.62. The molecule has 4 rings (SSSR count). The summed E-state index contributed by atoms with van der Waals surface area (Å²) in [7, 11) is 0. The van der Waals surface area contributed by atoms with E-state index in [1.165, 1.54) is 0 Å². The number of benzene rings is 2. The van der Waals surface area contributed by atoms with Crippen molar-refractivity contribution in [3.63, 3.8) is 0 Å². The Balaban J connectivity index is 1.64.